The zero-order chi connectivity index (χ0) is 17.3. The van der Waals surface area contributed by atoms with Crippen LogP contribution in [0.3, 0.4) is 0 Å². The Hall–Kier alpha value is -1.39. The Labute approximate surface area is 150 Å². The molecule has 0 saturated carbocycles. The number of hydrogen-bond acceptors (Lipinski definition) is 3. The van der Waals surface area contributed by atoms with Gasteiger partial charge in [0.1, 0.15) is 0 Å². The number of nitrogens with one attached hydrogen (secondary N) is 1. The molecule has 3 aliphatic heterocycles. The second-order valence-corrected chi connectivity index (χ2v) is 8.23. The van der Waals surface area contributed by atoms with E-state index in [1.54, 1.807) is 0 Å². The molecule has 0 bridgehead atoms. The molecule has 3 fully saturated rings. The van der Waals surface area contributed by atoms with Crippen molar-refractivity contribution in [3.8, 4) is 0 Å². The minimum Gasteiger partial charge on any atom is -0.381 e. The van der Waals surface area contributed by atoms with Crippen molar-refractivity contribution in [3.63, 3.8) is 0 Å². The Morgan fingerprint density at radius 1 is 1.08 bits per heavy atom. The summed E-state index contributed by atoms with van der Waals surface area (Å²) in [7, 11) is 0. The third kappa shape index (κ3) is 3.00. The lowest BCUT2D eigenvalue weighted by atomic mass is 9.70. The Balaban J connectivity index is 1.58. The van der Waals surface area contributed by atoms with E-state index in [4.69, 9.17) is 4.74 Å². The van der Waals surface area contributed by atoms with Crippen molar-refractivity contribution in [3.05, 3.63) is 35.4 Å². The van der Waals surface area contributed by atoms with Gasteiger partial charge >= 0.3 is 0 Å². The van der Waals surface area contributed by atoms with Crippen molar-refractivity contribution in [1.29, 1.82) is 0 Å². The number of ether oxygens (including phenoxy) is 1. The molecule has 0 aromatic heterocycles. The van der Waals surface area contributed by atoms with Crippen molar-refractivity contribution < 1.29 is 9.53 Å². The molecule has 3 heterocycles. The van der Waals surface area contributed by atoms with Crippen LogP contribution in [0.15, 0.2) is 24.3 Å². The third-order valence-electron chi connectivity index (χ3n) is 6.86. The van der Waals surface area contributed by atoms with Gasteiger partial charge in [-0.15, -0.1) is 0 Å². The second kappa shape index (κ2) is 6.73. The molecule has 3 aliphatic rings. The molecule has 3 saturated heterocycles. The zero-order valence-electron chi connectivity index (χ0n) is 15.4. The number of carbonyl (C=O) groups excluding carboxylic acids is 1. The van der Waals surface area contributed by atoms with Gasteiger partial charge < -0.3 is 15.0 Å². The van der Waals surface area contributed by atoms with E-state index in [1.165, 1.54) is 17.5 Å². The summed E-state index contributed by atoms with van der Waals surface area (Å²) in [4.78, 5) is 15.8. The Bertz CT molecular complexity index is 621. The Kier molecular flexibility index (Phi) is 4.59. The van der Waals surface area contributed by atoms with E-state index in [1.807, 2.05) is 0 Å². The van der Waals surface area contributed by atoms with E-state index in [2.05, 4.69) is 41.4 Å². The number of amides is 1. The predicted octanol–water partition coefficient (Wildman–Crippen LogP) is 2.65. The largest absolute Gasteiger partial charge is 0.381 e. The van der Waals surface area contributed by atoms with Gasteiger partial charge in [-0.25, -0.2) is 0 Å². The van der Waals surface area contributed by atoms with Gasteiger partial charge in [0.15, 0.2) is 0 Å². The molecular formula is C21H30N2O2. The number of hydrogen-bond donors (Lipinski definition) is 1. The summed E-state index contributed by atoms with van der Waals surface area (Å²) in [6.07, 6.45) is 5.17. The van der Waals surface area contributed by atoms with Crippen LogP contribution in [0, 0.1) is 12.3 Å². The van der Waals surface area contributed by atoms with E-state index >= 15 is 0 Å². The average Bonchev–Trinajstić information content (AvgIpc) is 3.11. The van der Waals surface area contributed by atoms with Crippen molar-refractivity contribution >= 4 is 5.91 Å². The van der Waals surface area contributed by atoms with Crippen molar-refractivity contribution in [1.82, 2.24) is 10.2 Å². The van der Waals surface area contributed by atoms with E-state index in [9.17, 15) is 4.79 Å². The smallest absolute Gasteiger partial charge is 0.233 e. The van der Waals surface area contributed by atoms with Crippen LogP contribution in [0.5, 0.6) is 0 Å². The normalized spacial score (nSPS) is 25.2. The molecule has 4 rings (SSSR count). The average molecular weight is 342 g/mol. The van der Waals surface area contributed by atoms with E-state index < -0.39 is 0 Å². The number of nitrogens with zero attached hydrogens (tertiary/aromatic N) is 1. The molecular weight excluding hydrogens is 312 g/mol. The highest BCUT2D eigenvalue weighted by atomic mass is 16.5. The Morgan fingerprint density at radius 2 is 1.80 bits per heavy atom. The zero-order valence-corrected chi connectivity index (χ0v) is 15.4. The molecule has 0 aliphatic carbocycles. The van der Waals surface area contributed by atoms with Gasteiger partial charge in [-0.1, -0.05) is 24.3 Å². The second-order valence-electron chi connectivity index (χ2n) is 8.23. The number of carbonyl (C=O) groups is 1. The van der Waals surface area contributed by atoms with Crippen molar-refractivity contribution in [2.24, 2.45) is 5.41 Å². The lowest BCUT2D eigenvalue weighted by Gasteiger charge is -2.45. The molecule has 4 heteroatoms. The first-order valence-corrected chi connectivity index (χ1v) is 9.79. The fourth-order valence-corrected chi connectivity index (χ4v) is 5.14. The fourth-order valence-electron chi connectivity index (χ4n) is 5.14. The van der Waals surface area contributed by atoms with Gasteiger partial charge in [-0.2, -0.15) is 0 Å². The standard InChI is InChI=1S/C21H30N2O2/c1-17-4-2-3-5-18(17)21(9-14-25-15-10-21)19(24)23-12-7-20(8-13-23)6-11-22-16-20/h2-5,22H,6-16H2,1H3. The van der Waals surface area contributed by atoms with Gasteiger partial charge in [0.25, 0.3) is 0 Å². The maximum atomic E-state index is 13.7. The number of likely N-dealkylation sites (tertiary alicyclic amines) is 1. The van der Waals surface area contributed by atoms with Crippen LogP contribution in [0.2, 0.25) is 0 Å². The molecule has 1 amide bonds. The van der Waals surface area contributed by atoms with Gasteiger partial charge in [0, 0.05) is 32.8 Å². The van der Waals surface area contributed by atoms with Crippen LogP contribution < -0.4 is 5.32 Å². The molecule has 136 valence electrons. The number of rotatable bonds is 2. The van der Waals surface area contributed by atoms with Crippen LogP contribution in [0.1, 0.15) is 43.2 Å². The molecule has 1 spiro atoms. The molecule has 0 radical (unpaired) electrons. The minimum absolute atomic E-state index is 0.339. The molecule has 1 N–H and O–H groups in total. The maximum Gasteiger partial charge on any atom is 0.233 e. The summed E-state index contributed by atoms with van der Waals surface area (Å²) in [5, 5.41) is 3.51. The minimum atomic E-state index is -0.387. The van der Waals surface area contributed by atoms with Gasteiger partial charge in [0.05, 0.1) is 5.41 Å². The predicted molar refractivity (Wildman–Crippen MR) is 98.6 cm³/mol. The molecule has 25 heavy (non-hydrogen) atoms. The first kappa shape index (κ1) is 17.0. The first-order valence-electron chi connectivity index (χ1n) is 9.79. The van der Waals surface area contributed by atoms with Gasteiger partial charge in [0.2, 0.25) is 5.91 Å². The summed E-state index contributed by atoms with van der Waals surface area (Å²) >= 11 is 0. The van der Waals surface area contributed by atoms with Crippen molar-refractivity contribution in [2.45, 2.75) is 44.4 Å². The highest BCUT2D eigenvalue weighted by molar-refractivity contribution is 5.89. The quantitative estimate of drug-likeness (QED) is 0.898. The summed E-state index contributed by atoms with van der Waals surface area (Å²) in [6, 6.07) is 8.43. The number of benzene rings is 1. The van der Waals surface area contributed by atoms with Crippen LogP contribution in [0.4, 0.5) is 0 Å². The van der Waals surface area contributed by atoms with Crippen molar-refractivity contribution in [2.75, 3.05) is 39.4 Å². The third-order valence-corrected chi connectivity index (χ3v) is 6.86. The highest BCUT2D eigenvalue weighted by Crippen LogP contribution is 2.42. The summed E-state index contributed by atoms with van der Waals surface area (Å²) in [5.74, 6) is 0.339. The van der Waals surface area contributed by atoms with E-state index in [-0.39, 0.29) is 5.41 Å². The van der Waals surface area contributed by atoms with Gasteiger partial charge in [-0.05, 0) is 62.1 Å². The monoisotopic (exact) mass is 342 g/mol. The topological polar surface area (TPSA) is 41.6 Å². The lowest BCUT2D eigenvalue weighted by molar-refractivity contribution is -0.143. The summed E-state index contributed by atoms with van der Waals surface area (Å²) in [5.41, 5.74) is 2.50. The van der Waals surface area contributed by atoms with Gasteiger partial charge in [-0.3, -0.25) is 4.79 Å². The van der Waals surface area contributed by atoms with Crippen LogP contribution in [-0.2, 0) is 14.9 Å². The van der Waals surface area contributed by atoms with E-state index in [0.717, 1.165) is 51.9 Å². The van der Waals surface area contributed by atoms with Crippen LogP contribution >= 0.6 is 0 Å². The molecule has 0 unspecified atom stereocenters. The highest BCUT2D eigenvalue weighted by Gasteiger charge is 2.47. The molecule has 1 aromatic rings. The van der Waals surface area contributed by atoms with Crippen LogP contribution in [0.25, 0.3) is 0 Å². The fraction of sp³-hybridized carbons (Fsp3) is 0.667. The Morgan fingerprint density at radius 3 is 2.44 bits per heavy atom. The van der Waals surface area contributed by atoms with Crippen LogP contribution in [-0.4, -0.2) is 50.2 Å². The molecule has 4 nitrogen and oxygen atoms in total. The summed E-state index contributed by atoms with van der Waals surface area (Å²) in [6.45, 7) is 7.59. The maximum absolute atomic E-state index is 13.7. The first-order chi connectivity index (χ1) is 12.2. The SMILES string of the molecule is Cc1ccccc1C1(C(=O)N2CCC3(CCNC3)CC2)CCOCC1. The lowest BCUT2D eigenvalue weighted by Crippen LogP contribution is -2.53. The molecule has 1 aromatic carbocycles. The number of aryl methyl sites for hydroxylation is 1. The summed E-state index contributed by atoms with van der Waals surface area (Å²) < 4.78 is 5.62. The number of piperidine rings is 1. The molecule has 0 atom stereocenters. The van der Waals surface area contributed by atoms with E-state index in [0.29, 0.717) is 24.5 Å².